The van der Waals surface area contributed by atoms with E-state index in [1.165, 1.54) is 12.1 Å². The van der Waals surface area contributed by atoms with Crippen LogP contribution in [0.4, 0.5) is 14.9 Å². The van der Waals surface area contributed by atoms with Gasteiger partial charge >= 0.3 is 6.03 Å². The molecule has 0 radical (unpaired) electrons. The van der Waals surface area contributed by atoms with Crippen molar-refractivity contribution in [2.45, 2.75) is 11.3 Å². The van der Waals surface area contributed by atoms with E-state index in [0.717, 1.165) is 33.3 Å². The Hall–Kier alpha value is -2.38. The first-order valence-electron chi connectivity index (χ1n) is 8.14. The van der Waals surface area contributed by atoms with Gasteiger partial charge in [0.2, 0.25) is 0 Å². The minimum absolute atomic E-state index is 0.223. The van der Waals surface area contributed by atoms with Crippen molar-refractivity contribution in [2.24, 2.45) is 0 Å². The number of benzene rings is 2. The number of anilines is 1. The third kappa shape index (κ3) is 5.57. The maximum absolute atomic E-state index is 12.8. The average molecular weight is 388 g/mol. The highest BCUT2D eigenvalue weighted by molar-refractivity contribution is 7.99. The molecule has 2 aromatic carbocycles. The van der Waals surface area contributed by atoms with Crippen molar-refractivity contribution in [1.82, 2.24) is 10.3 Å². The van der Waals surface area contributed by atoms with Crippen LogP contribution in [0.25, 0.3) is 10.6 Å². The Morgan fingerprint density at radius 1 is 1.12 bits per heavy atom. The molecule has 2 amide bonds. The average Bonchev–Trinajstić information content (AvgIpc) is 3.18. The number of carbonyl (C=O) groups excluding carboxylic acids is 1. The van der Waals surface area contributed by atoms with Crippen LogP contribution >= 0.6 is 23.1 Å². The fourth-order valence-electron chi connectivity index (χ4n) is 2.23. The molecule has 1 heterocycles. The molecular formula is C19H18FN3OS2. The van der Waals surface area contributed by atoms with E-state index in [9.17, 15) is 9.18 Å². The summed E-state index contributed by atoms with van der Waals surface area (Å²) in [4.78, 5) is 17.2. The molecule has 2 N–H and O–H groups in total. The second kappa shape index (κ2) is 9.35. The number of halogens is 1. The topological polar surface area (TPSA) is 54.0 Å². The van der Waals surface area contributed by atoms with Gasteiger partial charge in [-0.15, -0.1) is 23.1 Å². The number of hydrogen-bond donors (Lipinski definition) is 2. The maximum Gasteiger partial charge on any atom is 0.319 e. The maximum atomic E-state index is 12.8. The summed E-state index contributed by atoms with van der Waals surface area (Å²) in [5, 5.41) is 8.54. The smallest absolute Gasteiger partial charge is 0.319 e. The SMILES string of the molecule is O=C(NCCCSc1ccc(F)cc1)Nc1ccc(-c2nccs2)cc1. The molecular weight excluding hydrogens is 369 g/mol. The Kier molecular flexibility index (Phi) is 6.62. The summed E-state index contributed by atoms with van der Waals surface area (Å²) in [6.45, 7) is 0.581. The molecule has 0 unspecified atom stereocenters. The van der Waals surface area contributed by atoms with Gasteiger partial charge < -0.3 is 10.6 Å². The lowest BCUT2D eigenvalue weighted by Crippen LogP contribution is -2.29. The molecule has 0 aliphatic heterocycles. The van der Waals surface area contributed by atoms with Crippen LogP contribution in [0, 0.1) is 5.82 Å². The number of hydrogen-bond acceptors (Lipinski definition) is 4. The molecule has 3 aromatic rings. The third-order valence-corrected chi connectivity index (χ3v) is 5.43. The van der Waals surface area contributed by atoms with Crippen LogP contribution in [-0.2, 0) is 0 Å². The van der Waals surface area contributed by atoms with Crippen molar-refractivity contribution in [3.63, 3.8) is 0 Å². The van der Waals surface area contributed by atoms with Gasteiger partial charge in [-0.05, 0) is 60.7 Å². The molecule has 0 bridgehead atoms. The van der Waals surface area contributed by atoms with Gasteiger partial charge in [-0.1, -0.05) is 0 Å². The highest BCUT2D eigenvalue weighted by atomic mass is 32.2. The summed E-state index contributed by atoms with van der Waals surface area (Å²) in [6, 6.07) is 13.8. The van der Waals surface area contributed by atoms with Crippen molar-refractivity contribution in [3.05, 3.63) is 65.9 Å². The lowest BCUT2D eigenvalue weighted by atomic mass is 10.2. The number of nitrogens with one attached hydrogen (secondary N) is 2. The molecule has 0 atom stereocenters. The van der Waals surface area contributed by atoms with E-state index in [1.807, 2.05) is 29.6 Å². The number of thioether (sulfide) groups is 1. The Balaban J connectivity index is 1.35. The number of amides is 2. The van der Waals surface area contributed by atoms with Crippen molar-refractivity contribution in [3.8, 4) is 10.6 Å². The molecule has 0 fully saturated rings. The van der Waals surface area contributed by atoms with Crippen LogP contribution in [-0.4, -0.2) is 23.3 Å². The zero-order valence-corrected chi connectivity index (χ0v) is 15.6. The lowest BCUT2D eigenvalue weighted by molar-refractivity contribution is 0.252. The zero-order chi connectivity index (χ0) is 18.2. The Morgan fingerprint density at radius 3 is 2.58 bits per heavy atom. The van der Waals surface area contributed by atoms with Gasteiger partial charge in [-0.2, -0.15) is 0 Å². The molecule has 0 aliphatic carbocycles. The van der Waals surface area contributed by atoms with Crippen molar-refractivity contribution in [2.75, 3.05) is 17.6 Å². The van der Waals surface area contributed by atoms with Gasteiger partial charge in [-0.25, -0.2) is 14.2 Å². The monoisotopic (exact) mass is 387 g/mol. The van der Waals surface area contributed by atoms with E-state index in [-0.39, 0.29) is 11.8 Å². The highest BCUT2D eigenvalue weighted by Crippen LogP contribution is 2.23. The van der Waals surface area contributed by atoms with Gasteiger partial charge in [0.05, 0.1) is 0 Å². The Morgan fingerprint density at radius 2 is 1.88 bits per heavy atom. The minimum atomic E-state index is -0.229. The number of nitrogens with zero attached hydrogens (tertiary/aromatic N) is 1. The first-order chi connectivity index (χ1) is 12.7. The van der Waals surface area contributed by atoms with Crippen molar-refractivity contribution in [1.29, 1.82) is 0 Å². The molecule has 0 saturated heterocycles. The van der Waals surface area contributed by atoms with Gasteiger partial charge in [0.15, 0.2) is 0 Å². The predicted octanol–water partition coefficient (Wildman–Crippen LogP) is 5.25. The molecule has 4 nitrogen and oxygen atoms in total. The molecule has 26 heavy (non-hydrogen) atoms. The van der Waals surface area contributed by atoms with Crippen LogP contribution in [0.1, 0.15) is 6.42 Å². The summed E-state index contributed by atoms with van der Waals surface area (Å²) in [6.07, 6.45) is 2.60. The molecule has 0 aliphatic rings. The van der Waals surface area contributed by atoms with Gasteiger partial charge in [-0.3, -0.25) is 0 Å². The fourth-order valence-corrected chi connectivity index (χ4v) is 3.73. The number of thiazole rings is 1. The largest absolute Gasteiger partial charge is 0.338 e. The molecule has 7 heteroatoms. The van der Waals surface area contributed by atoms with E-state index in [1.54, 1.807) is 41.4 Å². The summed E-state index contributed by atoms with van der Waals surface area (Å²) < 4.78 is 12.8. The third-order valence-electron chi connectivity index (χ3n) is 3.51. The highest BCUT2D eigenvalue weighted by Gasteiger charge is 2.03. The van der Waals surface area contributed by atoms with Crippen LogP contribution in [0.2, 0.25) is 0 Å². The van der Waals surface area contributed by atoms with Gasteiger partial charge in [0, 0.05) is 34.3 Å². The quantitative estimate of drug-likeness (QED) is 0.430. The summed E-state index contributed by atoms with van der Waals surface area (Å²) >= 11 is 3.22. The van der Waals surface area contributed by atoms with Crippen molar-refractivity contribution >= 4 is 34.8 Å². The van der Waals surface area contributed by atoms with E-state index in [0.29, 0.717) is 6.54 Å². The second-order valence-corrected chi connectivity index (χ2v) is 7.51. The summed E-state index contributed by atoms with van der Waals surface area (Å²) in [5.74, 6) is 0.626. The Bertz CT molecular complexity index is 821. The number of rotatable bonds is 7. The lowest BCUT2D eigenvalue weighted by Gasteiger charge is -2.08. The standard InChI is InChI=1S/C19H18FN3OS2/c20-15-4-8-17(9-5-15)25-12-1-10-22-19(24)23-16-6-2-14(3-7-16)18-21-11-13-26-18/h2-9,11,13H,1,10,12H2,(H2,22,23,24). The van der Waals surface area contributed by atoms with Crippen LogP contribution in [0.3, 0.4) is 0 Å². The second-order valence-electron chi connectivity index (χ2n) is 5.45. The molecule has 1 aromatic heterocycles. The van der Waals surface area contributed by atoms with Crippen LogP contribution in [0.15, 0.2) is 65.0 Å². The predicted molar refractivity (Wildman–Crippen MR) is 106 cm³/mol. The molecule has 0 spiro atoms. The van der Waals surface area contributed by atoms with E-state index in [4.69, 9.17) is 0 Å². The summed E-state index contributed by atoms with van der Waals surface area (Å²) in [7, 11) is 0. The normalized spacial score (nSPS) is 10.5. The fraction of sp³-hybridized carbons (Fsp3) is 0.158. The van der Waals surface area contributed by atoms with E-state index >= 15 is 0 Å². The van der Waals surface area contributed by atoms with Crippen LogP contribution in [0.5, 0.6) is 0 Å². The number of aromatic nitrogens is 1. The molecule has 3 rings (SSSR count). The Labute approximate surface area is 159 Å². The van der Waals surface area contributed by atoms with Crippen molar-refractivity contribution < 1.29 is 9.18 Å². The van der Waals surface area contributed by atoms with Crippen LogP contribution < -0.4 is 10.6 Å². The van der Waals surface area contributed by atoms with E-state index in [2.05, 4.69) is 15.6 Å². The zero-order valence-electron chi connectivity index (χ0n) is 13.9. The van der Waals surface area contributed by atoms with Gasteiger partial charge in [0.1, 0.15) is 10.8 Å². The molecule has 0 saturated carbocycles. The first kappa shape index (κ1) is 18.4. The van der Waals surface area contributed by atoms with E-state index < -0.39 is 0 Å². The molecule has 134 valence electrons. The number of carbonyl (C=O) groups is 1. The van der Waals surface area contributed by atoms with Gasteiger partial charge in [0.25, 0.3) is 0 Å². The summed E-state index contributed by atoms with van der Waals surface area (Å²) in [5.41, 5.74) is 1.77. The number of urea groups is 1. The minimum Gasteiger partial charge on any atom is -0.338 e. The first-order valence-corrected chi connectivity index (χ1v) is 10.0.